The molecular weight excluding hydrogens is 302 g/mol. The van der Waals surface area contributed by atoms with Crippen molar-refractivity contribution < 1.29 is 4.74 Å². The van der Waals surface area contributed by atoms with E-state index in [4.69, 9.17) is 4.74 Å². The van der Waals surface area contributed by atoms with E-state index in [1.807, 2.05) is 30.3 Å². The first-order chi connectivity index (χ1) is 11.2. The molecule has 0 saturated carbocycles. The fraction of sp³-hybridized carbons (Fsp3) is 0.250. The fourth-order valence-electron chi connectivity index (χ4n) is 2.22. The van der Waals surface area contributed by atoms with Crippen molar-refractivity contribution in [3.63, 3.8) is 0 Å². The first-order valence-electron chi connectivity index (χ1n) is 7.97. The molecule has 0 fully saturated rings. The molecule has 3 heteroatoms. The Balaban J connectivity index is 1.63. The van der Waals surface area contributed by atoms with Crippen molar-refractivity contribution in [1.82, 2.24) is 4.98 Å². The van der Waals surface area contributed by atoms with Crippen molar-refractivity contribution in [2.75, 3.05) is 6.61 Å². The molecule has 0 aliphatic carbocycles. The maximum Gasteiger partial charge on any atom is 0.119 e. The van der Waals surface area contributed by atoms with E-state index in [0.717, 1.165) is 34.9 Å². The van der Waals surface area contributed by atoms with E-state index < -0.39 is 0 Å². The molecule has 0 amide bonds. The van der Waals surface area contributed by atoms with Gasteiger partial charge in [0.25, 0.3) is 0 Å². The van der Waals surface area contributed by atoms with Gasteiger partial charge in [-0.05, 0) is 48.2 Å². The van der Waals surface area contributed by atoms with Gasteiger partial charge in [-0.15, -0.1) is 11.3 Å². The summed E-state index contributed by atoms with van der Waals surface area (Å²) in [5.74, 6) is 1.61. The highest BCUT2D eigenvalue weighted by Gasteiger charge is 2.00. The molecule has 0 aliphatic heterocycles. The first kappa shape index (κ1) is 15.8. The number of rotatable bonds is 6. The molecule has 2 nitrogen and oxygen atoms in total. The summed E-state index contributed by atoms with van der Waals surface area (Å²) in [4.78, 5) is 4.61. The van der Waals surface area contributed by atoms with E-state index in [1.54, 1.807) is 11.3 Å². The largest absolute Gasteiger partial charge is 0.494 e. The minimum Gasteiger partial charge on any atom is -0.494 e. The third-order valence-corrected chi connectivity index (χ3v) is 4.57. The van der Waals surface area contributed by atoms with Crippen LogP contribution in [-0.4, -0.2) is 11.6 Å². The lowest BCUT2D eigenvalue weighted by Crippen LogP contribution is -2.01. The van der Waals surface area contributed by atoms with Crippen LogP contribution in [0.1, 0.15) is 30.8 Å². The molecule has 0 spiro atoms. The Labute approximate surface area is 141 Å². The van der Waals surface area contributed by atoms with Crippen LogP contribution in [-0.2, 0) is 0 Å². The Bertz CT molecular complexity index is 754. The summed E-state index contributed by atoms with van der Waals surface area (Å²) in [5.41, 5.74) is 2.21. The molecule has 1 aromatic heterocycles. The van der Waals surface area contributed by atoms with Crippen molar-refractivity contribution in [3.05, 3.63) is 59.1 Å². The van der Waals surface area contributed by atoms with Crippen LogP contribution in [0.5, 0.6) is 5.75 Å². The van der Waals surface area contributed by atoms with Gasteiger partial charge in [-0.1, -0.05) is 44.2 Å². The number of ether oxygens (including phenoxy) is 1. The molecule has 1 heterocycles. The van der Waals surface area contributed by atoms with Crippen LogP contribution >= 0.6 is 11.3 Å². The van der Waals surface area contributed by atoms with Crippen molar-refractivity contribution in [2.45, 2.75) is 20.3 Å². The average Bonchev–Trinajstić information content (AvgIpc) is 2.97. The number of hydrogen-bond acceptors (Lipinski definition) is 3. The topological polar surface area (TPSA) is 22.1 Å². The van der Waals surface area contributed by atoms with Crippen LogP contribution in [0.25, 0.3) is 22.4 Å². The fourth-order valence-corrected chi connectivity index (χ4v) is 3.09. The summed E-state index contributed by atoms with van der Waals surface area (Å²) < 4.78 is 6.96. The van der Waals surface area contributed by atoms with E-state index >= 15 is 0 Å². The van der Waals surface area contributed by atoms with Crippen LogP contribution in [0.15, 0.2) is 48.5 Å². The van der Waals surface area contributed by atoms with Crippen molar-refractivity contribution in [2.24, 2.45) is 5.92 Å². The summed E-state index contributed by atoms with van der Waals surface area (Å²) in [7, 11) is 0. The normalized spacial score (nSPS) is 11.6. The van der Waals surface area contributed by atoms with Crippen molar-refractivity contribution in [1.29, 1.82) is 0 Å². The smallest absolute Gasteiger partial charge is 0.119 e. The second-order valence-electron chi connectivity index (χ2n) is 5.95. The van der Waals surface area contributed by atoms with Crippen LogP contribution < -0.4 is 4.74 Å². The predicted molar refractivity (Wildman–Crippen MR) is 99.9 cm³/mol. The van der Waals surface area contributed by atoms with Gasteiger partial charge in [-0.2, -0.15) is 0 Å². The van der Waals surface area contributed by atoms with Gasteiger partial charge in [0.15, 0.2) is 0 Å². The number of aromatic nitrogens is 1. The second kappa shape index (κ2) is 7.42. The lowest BCUT2D eigenvalue weighted by atomic mass is 10.1. The van der Waals surface area contributed by atoms with Gasteiger partial charge >= 0.3 is 0 Å². The number of para-hydroxylation sites is 1. The predicted octanol–water partition coefficient (Wildman–Crippen LogP) is 5.89. The third-order valence-electron chi connectivity index (χ3n) is 3.57. The molecule has 0 atom stereocenters. The molecule has 3 rings (SSSR count). The minimum atomic E-state index is 0.672. The summed E-state index contributed by atoms with van der Waals surface area (Å²) in [6.45, 7) is 5.19. The molecular formula is C20H21NOS. The zero-order valence-corrected chi connectivity index (χ0v) is 14.3. The SMILES string of the molecule is CC(C)CCOc1ccc(C=Cc2nc3ccccc3s2)cc1. The highest BCUT2D eigenvalue weighted by Crippen LogP contribution is 2.23. The summed E-state index contributed by atoms with van der Waals surface area (Å²) >= 11 is 1.71. The summed E-state index contributed by atoms with van der Waals surface area (Å²) in [6, 6.07) is 16.4. The quantitative estimate of drug-likeness (QED) is 0.564. The molecule has 0 N–H and O–H groups in total. The van der Waals surface area contributed by atoms with Crippen LogP contribution in [0.4, 0.5) is 0 Å². The van der Waals surface area contributed by atoms with Gasteiger partial charge in [0.05, 0.1) is 16.8 Å². The molecule has 0 saturated heterocycles. The summed E-state index contributed by atoms with van der Waals surface area (Å²) in [5, 5.41) is 1.03. The number of benzene rings is 2. The lowest BCUT2D eigenvalue weighted by Gasteiger charge is -2.07. The molecule has 0 radical (unpaired) electrons. The number of hydrogen-bond donors (Lipinski definition) is 0. The third kappa shape index (κ3) is 4.42. The highest BCUT2D eigenvalue weighted by atomic mass is 32.1. The second-order valence-corrected chi connectivity index (χ2v) is 7.02. The van der Waals surface area contributed by atoms with Gasteiger partial charge in [0.2, 0.25) is 0 Å². The van der Waals surface area contributed by atoms with E-state index in [9.17, 15) is 0 Å². The molecule has 2 aromatic carbocycles. The monoisotopic (exact) mass is 323 g/mol. The zero-order valence-electron chi connectivity index (χ0n) is 13.5. The lowest BCUT2D eigenvalue weighted by molar-refractivity contribution is 0.289. The van der Waals surface area contributed by atoms with E-state index in [-0.39, 0.29) is 0 Å². The number of thiazole rings is 1. The van der Waals surface area contributed by atoms with Gasteiger partial charge in [-0.25, -0.2) is 4.98 Å². The molecule has 0 aliphatic rings. The number of fused-ring (bicyclic) bond motifs is 1. The minimum absolute atomic E-state index is 0.672. The Hall–Kier alpha value is -2.13. The maximum absolute atomic E-state index is 5.74. The van der Waals surface area contributed by atoms with Gasteiger partial charge in [0, 0.05) is 0 Å². The van der Waals surface area contributed by atoms with Crippen LogP contribution in [0.3, 0.4) is 0 Å². The molecule has 23 heavy (non-hydrogen) atoms. The zero-order chi connectivity index (χ0) is 16.1. The van der Waals surface area contributed by atoms with Gasteiger partial charge in [0.1, 0.15) is 10.8 Å². The van der Waals surface area contributed by atoms with E-state index in [2.05, 4.69) is 49.2 Å². The Morgan fingerprint density at radius 3 is 2.57 bits per heavy atom. The average molecular weight is 323 g/mol. The Morgan fingerprint density at radius 1 is 1.04 bits per heavy atom. The first-order valence-corrected chi connectivity index (χ1v) is 8.79. The van der Waals surface area contributed by atoms with Crippen LogP contribution in [0, 0.1) is 5.92 Å². The van der Waals surface area contributed by atoms with Gasteiger partial charge < -0.3 is 4.74 Å². The van der Waals surface area contributed by atoms with Gasteiger partial charge in [-0.3, -0.25) is 0 Å². The maximum atomic E-state index is 5.74. The summed E-state index contributed by atoms with van der Waals surface area (Å²) in [6.07, 6.45) is 5.24. The van der Waals surface area contributed by atoms with E-state index in [0.29, 0.717) is 5.92 Å². The number of nitrogens with zero attached hydrogens (tertiary/aromatic N) is 1. The molecule has 0 bridgehead atoms. The van der Waals surface area contributed by atoms with E-state index in [1.165, 1.54) is 4.70 Å². The van der Waals surface area contributed by atoms with Crippen molar-refractivity contribution in [3.8, 4) is 5.75 Å². The van der Waals surface area contributed by atoms with Crippen LogP contribution in [0.2, 0.25) is 0 Å². The highest BCUT2D eigenvalue weighted by molar-refractivity contribution is 7.19. The molecule has 3 aromatic rings. The molecule has 0 unspecified atom stereocenters. The Kier molecular flexibility index (Phi) is 5.09. The van der Waals surface area contributed by atoms with Crippen molar-refractivity contribution >= 4 is 33.7 Å². The Morgan fingerprint density at radius 2 is 1.83 bits per heavy atom. The molecule has 118 valence electrons. The standard InChI is InChI=1S/C20H21NOS/c1-15(2)13-14-22-17-10-7-16(8-11-17)9-12-20-21-18-5-3-4-6-19(18)23-20/h3-12,15H,13-14H2,1-2H3.